The van der Waals surface area contributed by atoms with Crippen LogP contribution in [0.4, 0.5) is 0 Å². The Kier molecular flexibility index (Phi) is 4.53. The third-order valence-corrected chi connectivity index (χ3v) is 4.93. The van der Waals surface area contributed by atoms with Gasteiger partial charge in [0.05, 0.1) is 18.5 Å². The van der Waals surface area contributed by atoms with E-state index in [-0.39, 0.29) is 0 Å². The van der Waals surface area contributed by atoms with Crippen molar-refractivity contribution in [2.75, 3.05) is 32.8 Å². The Morgan fingerprint density at radius 3 is 2.75 bits per heavy atom. The summed E-state index contributed by atoms with van der Waals surface area (Å²) in [5.74, 6) is 2.34. The molecule has 2 aromatic heterocycles. The predicted octanol–water partition coefficient (Wildman–Crippen LogP) is 2.05. The molecule has 1 atom stereocenters. The molecule has 0 aliphatic carbocycles. The van der Waals surface area contributed by atoms with Crippen molar-refractivity contribution in [3.05, 3.63) is 23.9 Å². The van der Waals surface area contributed by atoms with Crippen molar-refractivity contribution in [2.24, 2.45) is 5.92 Å². The van der Waals surface area contributed by atoms with Gasteiger partial charge in [-0.15, -0.1) is 0 Å². The second-order valence-corrected chi connectivity index (χ2v) is 6.81. The molecule has 0 radical (unpaired) electrons. The van der Waals surface area contributed by atoms with Crippen molar-refractivity contribution in [1.82, 2.24) is 25.0 Å². The number of aryl methyl sites for hydroxylation is 1. The molecule has 2 saturated heterocycles. The molecule has 4 rings (SSSR count). The summed E-state index contributed by atoms with van der Waals surface area (Å²) in [6.45, 7) is 7.09. The normalized spacial score (nSPS) is 23.0. The lowest BCUT2D eigenvalue weighted by atomic mass is 9.95. The summed E-state index contributed by atoms with van der Waals surface area (Å²) >= 11 is 0. The third kappa shape index (κ3) is 3.47. The fraction of sp³-hybridized carbons (Fsp3) is 0.647. The summed E-state index contributed by atoms with van der Waals surface area (Å²) in [5.41, 5.74) is 1.51. The minimum absolute atomic E-state index is 0.372. The maximum atomic E-state index is 5.47. The Morgan fingerprint density at radius 1 is 1.17 bits per heavy atom. The van der Waals surface area contributed by atoms with Gasteiger partial charge in [0, 0.05) is 25.3 Å². The van der Waals surface area contributed by atoms with Crippen LogP contribution < -0.4 is 0 Å². The van der Waals surface area contributed by atoms with Crippen molar-refractivity contribution in [3.63, 3.8) is 0 Å². The van der Waals surface area contributed by atoms with Gasteiger partial charge in [0.25, 0.3) is 5.89 Å². The summed E-state index contributed by atoms with van der Waals surface area (Å²) in [6, 6.07) is 0. The summed E-state index contributed by atoms with van der Waals surface area (Å²) in [7, 11) is 0. The van der Waals surface area contributed by atoms with Crippen molar-refractivity contribution < 1.29 is 9.26 Å². The summed E-state index contributed by atoms with van der Waals surface area (Å²) in [5, 5.41) is 4.17. The van der Waals surface area contributed by atoms with E-state index in [1.165, 1.54) is 6.42 Å². The van der Waals surface area contributed by atoms with Gasteiger partial charge >= 0.3 is 0 Å². The highest BCUT2D eigenvalue weighted by molar-refractivity contribution is 5.44. The van der Waals surface area contributed by atoms with Gasteiger partial charge in [-0.05, 0) is 45.2 Å². The summed E-state index contributed by atoms with van der Waals surface area (Å²) in [4.78, 5) is 15.6. The molecule has 0 spiro atoms. The van der Waals surface area contributed by atoms with Crippen molar-refractivity contribution in [3.8, 4) is 11.6 Å². The number of piperidine rings is 1. The van der Waals surface area contributed by atoms with Crippen molar-refractivity contribution >= 4 is 0 Å². The van der Waals surface area contributed by atoms with Crippen LogP contribution in [0.25, 0.3) is 11.6 Å². The molecule has 0 N–H and O–H groups in total. The topological polar surface area (TPSA) is 77.2 Å². The second-order valence-electron chi connectivity index (χ2n) is 6.81. The highest BCUT2D eigenvalue weighted by Gasteiger charge is 2.27. The Morgan fingerprint density at radius 2 is 2.04 bits per heavy atom. The van der Waals surface area contributed by atoms with Crippen LogP contribution in [-0.2, 0) is 4.74 Å². The van der Waals surface area contributed by atoms with Crippen LogP contribution in [0.15, 0.2) is 16.9 Å². The highest BCUT2D eigenvalue weighted by Crippen LogP contribution is 2.28. The zero-order valence-electron chi connectivity index (χ0n) is 14.0. The molecule has 24 heavy (non-hydrogen) atoms. The Bertz CT molecular complexity index is 658. The Balaban J connectivity index is 1.35. The average Bonchev–Trinajstić information content (AvgIpc) is 3.28. The van der Waals surface area contributed by atoms with Gasteiger partial charge in [0.15, 0.2) is 5.82 Å². The minimum atomic E-state index is 0.372. The lowest BCUT2D eigenvalue weighted by molar-refractivity contribution is 0.151. The number of likely N-dealkylation sites (tertiary alicyclic amines) is 1. The number of hydrogen-bond acceptors (Lipinski definition) is 7. The van der Waals surface area contributed by atoms with E-state index in [2.05, 4.69) is 25.0 Å². The molecule has 0 amide bonds. The molecule has 2 aromatic rings. The molecule has 2 aliphatic heterocycles. The smallest absolute Gasteiger partial charge is 0.278 e. The van der Waals surface area contributed by atoms with Crippen molar-refractivity contribution in [2.45, 2.75) is 32.1 Å². The molecule has 0 aromatic carbocycles. The maximum Gasteiger partial charge on any atom is 0.278 e. The molecule has 128 valence electrons. The molecule has 1 unspecified atom stereocenters. The predicted molar refractivity (Wildman–Crippen MR) is 87.4 cm³/mol. The van der Waals surface area contributed by atoms with E-state index in [9.17, 15) is 0 Å². The molecular weight excluding hydrogens is 306 g/mol. The highest BCUT2D eigenvalue weighted by atomic mass is 16.5. The molecule has 7 heteroatoms. The SMILES string of the molecule is Cc1cnc(-c2nc(C3CCN(CC4CCOC4)CC3)no2)cn1. The number of ether oxygens (including phenoxy) is 1. The van der Waals surface area contributed by atoms with E-state index in [4.69, 9.17) is 9.26 Å². The molecule has 4 heterocycles. The number of rotatable bonds is 4. The number of aromatic nitrogens is 4. The molecule has 2 fully saturated rings. The van der Waals surface area contributed by atoms with Crippen LogP contribution >= 0.6 is 0 Å². The van der Waals surface area contributed by atoms with Gasteiger partial charge in [-0.3, -0.25) is 4.98 Å². The minimum Gasteiger partial charge on any atom is -0.381 e. The van der Waals surface area contributed by atoms with E-state index in [0.29, 0.717) is 23.4 Å². The molecule has 2 aliphatic rings. The Labute approximate surface area is 141 Å². The second kappa shape index (κ2) is 6.94. The van der Waals surface area contributed by atoms with Gasteiger partial charge in [-0.1, -0.05) is 5.16 Å². The lowest BCUT2D eigenvalue weighted by Crippen LogP contribution is -2.36. The molecule has 0 saturated carbocycles. The molecule has 7 nitrogen and oxygen atoms in total. The van der Waals surface area contributed by atoms with Crippen LogP contribution in [-0.4, -0.2) is 57.9 Å². The van der Waals surface area contributed by atoms with Crippen LogP contribution in [0.5, 0.6) is 0 Å². The van der Waals surface area contributed by atoms with Gasteiger partial charge in [0.1, 0.15) is 5.69 Å². The summed E-state index contributed by atoms with van der Waals surface area (Å²) in [6.07, 6.45) is 6.74. The van der Waals surface area contributed by atoms with E-state index in [0.717, 1.165) is 57.2 Å². The zero-order chi connectivity index (χ0) is 16.4. The molecule has 0 bridgehead atoms. The van der Waals surface area contributed by atoms with Gasteiger partial charge < -0.3 is 14.2 Å². The fourth-order valence-electron chi connectivity index (χ4n) is 3.47. The maximum absolute atomic E-state index is 5.47. The average molecular weight is 329 g/mol. The van der Waals surface area contributed by atoms with E-state index >= 15 is 0 Å². The van der Waals surface area contributed by atoms with Crippen molar-refractivity contribution in [1.29, 1.82) is 0 Å². The van der Waals surface area contributed by atoms with Crippen LogP contribution in [0, 0.1) is 12.8 Å². The number of hydrogen-bond donors (Lipinski definition) is 0. The first-order valence-corrected chi connectivity index (χ1v) is 8.70. The van der Waals surface area contributed by atoms with Crippen LogP contribution in [0.2, 0.25) is 0 Å². The standard InChI is InChI=1S/C17H23N5O2/c1-12-8-19-15(9-18-12)17-20-16(21-24-17)14-2-5-22(6-3-14)10-13-4-7-23-11-13/h8-9,13-14H,2-7,10-11H2,1H3. The van der Waals surface area contributed by atoms with Crippen LogP contribution in [0.3, 0.4) is 0 Å². The van der Waals surface area contributed by atoms with E-state index in [1.807, 2.05) is 6.92 Å². The first-order valence-electron chi connectivity index (χ1n) is 8.70. The van der Waals surface area contributed by atoms with Crippen LogP contribution in [0.1, 0.15) is 36.7 Å². The first kappa shape index (κ1) is 15.7. The van der Waals surface area contributed by atoms with Gasteiger partial charge in [0.2, 0.25) is 0 Å². The number of nitrogens with zero attached hydrogens (tertiary/aromatic N) is 5. The first-order chi connectivity index (χ1) is 11.8. The fourth-order valence-corrected chi connectivity index (χ4v) is 3.47. The Hall–Kier alpha value is -1.86. The zero-order valence-corrected chi connectivity index (χ0v) is 14.0. The van der Waals surface area contributed by atoms with Gasteiger partial charge in [-0.2, -0.15) is 4.98 Å². The largest absolute Gasteiger partial charge is 0.381 e. The lowest BCUT2D eigenvalue weighted by Gasteiger charge is -2.31. The quantitative estimate of drug-likeness (QED) is 0.849. The van der Waals surface area contributed by atoms with E-state index < -0.39 is 0 Å². The summed E-state index contributed by atoms with van der Waals surface area (Å²) < 4.78 is 10.9. The molecular formula is C17H23N5O2. The van der Waals surface area contributed by atoms with E-state index in [1.54, 1.807) is 12.4 Å². The third-order valence-electron chi connectivity index (χ3n) is 4.93. The monoisotopic (exact) mass is 329 g/mol. The van der Waals surface area contributed by atoms with Gasteiger partial charge in [-0.25, -0.2) is 4.98 Å².